The zero-order chi connectivity index (χ0) is 18.5. The number of carboxylic acid groups (broad SMARTS) is 1. The lowest BCUT2D eigenvalue weighted by Crippen LogP contribution is -2.65. The number of halogens is 3. The molecule has 0 radical (unpaired) electrons. The molecule has 4 fully saturated rings. The largest absolute Gasteiger partial charge is 0.490 e. The van der Waals surface area contributed by atoms with E-state index >= 15 is 0 Å². The predicted octanol–water partition coefficient (Wildman–Crippen LogP) is 2.62. The second kappa shape index (κ2) is 6.18. The SMILES string of the molecule is CC[C@H](N)B1OC2C[C@@H]3C[C@@H](C3(C)C)[C@]2(C)O1.O=C(O)C(F)(F)F. The second-order valence-corrected chi connectivity index (χ2v) is 7.71. The van der Waals surface area contributed by atoms with Gasteiger partial charge in [-0.3, -0.25) is 0 Å². The highest BCUT2D eigenvalue weighted by atomic mass is 19.4. The first-order chi connectivity index (χ1) is 10.8. The Morgan fingerprint density at radius 2 is 1.92 bits per heavy atom. The topological polar surface area (TPSA) is 81.8 Å². The fraction of sp³-hybridized carbons (Fsp3) is 0.933. The van der Waals surface area contributed by atoms with Crippen LogP contribution in [0.25, 0.3) is 0 Å². The molecule has 5 nitrogen and oxygen atoms in total. The van der Waals surface area contributed by atoms with Crippen molar-refractivity contribution in [1.29, 1.82) is 0 Å². The van der Waals surface area contributed by atoms with Gasteiger partial charge in [0.1, 0.15) is 0 Å². The first-order valence-electron chi connectivity index (χ1n) is 8.23. The first kappa shape index (κ1) is 19.5. The molecule has 1 heterocycles. The van der Waals surface area contributed by atoms with Crippen molar-refractivity contribution in [1.82, 2.24) is 0 Å². The Morgan fingerprint density at radius 1 is 1.38 bits per heavy atom. The van der Waals surface area contributed by atoms with Gasteiger partial charge in [-0.15, -0.1) is 0 Å². The average molecular weight is 351 g/mol. The molecule has 3 saturated carbocycles. The molecule has 4 aliphatic rings. The van der Waals surface area contributed by atoms with Crippen molar-refractivity contribution in [2.45, 2.75) is 70.8 Å². The van der Waals surface area contributed by atoms with E-state index in [2.05, 4.69) is 27.7 Å². The minimum atomic E-state index is -5.08. The van der Waals surface area contributed by atoms with Crippen molar-refractivity contribution in [3.05, 3.63) is 0 Å². The third kappa shape index (κ3) is 3.18. The van der Waals surface area contributed by atoms with Gasteiger partial charge in [-0.25, -0.2) is 4.79 Å². The minimum absolute atomic E-state index is 0.0118. The van der Waals surface area contributed by atoms with Crippen LogP contribution in [0.3, 0.4) is 0 Å². The zero-order valence-electron chi connectivity index (χ0n) is 14.4. The van der Waals surface area contributed by atoms with Gasteiger partial charge in [-0.2, -0.15) is 13.2 Å². The molecule has 4 rings (SSSR count). The van der Waals surface area contributed by atoms with Crippen LogP contribution in [0.15, 0.2) is 0 Å². The molecule has 0 aromatic heterocycles. The van der Waals surface area contributed by atoms with Crippen molar-refractivity contribution >= 4 is 13.1 Å². The fourth-order valence-electron chi connectivity index (χ4n) is 4.27. The normalized spacial score (nSPS) is 37.7. The third-order valence-corrected chi connectivity index (χ3v) is 6.03. The standard InChI is InChI=1S/C13H24BNO2.C2HF3O2/c1-5-11(15)14-16-10-7-8-6-9(12(8,2)3)13(10,4)17-14;3-2(4,5)1(6)7/h8-11H,5-7,15H2,1-4H3;(H,6,7)/t8-,9-,10?,11-,13-;/m0./s1. The van der Waals surface area contributed by atoms with Crippen LogP contribution in [-0.4, -0.2) is 42.0 Å². The summed E-state index contributed by atoms with van der Waals surface area (Å²) in [5, 5.41) is 7.12. The van der Waals surface area contributed by atoms with E-state index < -0.39 is 12.1 Å². The number of rotatable bonds is 2. The fourth-order valence-corrected chi connectivity index (χ4v) is 4.27. The maximum atomic E-state index is 10.6. The molecule has 3 aliphatic carbocycles. The summed E-state index contributed by atoms with van der Waals surface area (Å²) in [4.78, 5) is 8.90. The van der Waals surface area contributed by atoms with E-state index in [4.69, 9.17) is 24.9 Å². The minimum Gasteiger partial charge on any atom is -0.475 e. The van der Waals surface area contributed by atoms with E-state index in [-0.39, 0.29) is 24.8 Å². The lowest BCUT2D eigenvalue weighted by atomic mass is 9.43. The van der Waals surface area contributed by atoms with Gasteiger partial charge in [0.05, 0.1) is 11.7 Å². The molecule has 1 saturated heterocycles. The van der Waals surface area contributed by atoms with Gasteiger partial charge in [0.15, 0.2) is 0 Å². The number of hydrogen-bond donors (Lipinski definition) is 2. The highest BCUT2D eigenvalue weighted by Gasteiger charge is 2.68. The van der Waals surface area contributed by atoms with Gasteiger partial charge in [0.2, 0.25) is 0 Å². The number of carboxylic acids is 1. The first-order valence-corrected chi connectivity index (χ1v) is 8.23. The quantitative estimate of drug-likeness (QED) is 0.748. The van der Waals surface area contributed by atoms with Crippen molar-refractivity contribution in [3.63, 3.8) is 0 Å². The molecule has 0 aromatic rings. The van der Waals surface area contributed by atoms with E-state index in [9.17, 15) is 13.2 Å². The van der Waals surface area contributed by atoms with Gasteiger partial charge in [-0.05, 0) is 43.4 Å². The van der Waals surface area contributed by atoms with Crippen LogP contribution in [-0.2, 0) is 14.1 Å². The maximum Gasteiger partial charge on any atom is 0.490 e. The molecule has 0 spiro atoms. The number of hydrogen-bond acceptors (Lipinski definition) is 4. The Bertz CT molecular complexity index is 502. The highest BCUT2D eigenvalue weighted by Crippen LogP contribution is 2.65. The summed E-state index contributed by atoms with van der Waals surface area (Å²) in [6.07, 6.45) is -1.46. The van der Waals surface area contributed by atoms with E-state index in [1.54, 1.807) is 0 Å². The zero-order valence-corrected chi connectivity index (χ0v) is 14.4. The van der Waals surface area contributed by atoms with Crippen LogP contribution >= 0.6 is 0 Å². The van der Waals surface area contributed by atoms with E-state index in [1.165, 1.54) is 6.42 Å². The number of carbonyl (C=O) groups is 1. The van der Waals surface area contributed by atoms with E-state index in [1.807, 2.05) is 0 Å². The molecule has 0 aromatic carbocycles. The van der Waals surface area contributed by atoms with Crippen LogP contribution in [0, 0.1) is 17.3 Å². The lowest BCUT2D eigenvalue weighted by molar-refractivity contribution is -0.199. The summed E-state index contributed by atoms with van der Waals surface area (Å²) in [6, 6.07) is 0. The smallest absolute Gasteiger partial charge is 0.475 e. The molecule has 1 unspecified atom stereocenters. The van der Waals surface area contributed by atoms with Crippen molar-refractivity contribution in [2.24, 2.45) is 23.0 Å². The Labute approximate surface area is 140 Å². The third-order valence-electron chi connectivity index (χ3n) is 6.03. The predicted molar refractivity (Wildman–Crippen MR) is 82.1 cm³/mol. The molecule has 138 valence electrons. The number of nitrogens with two attached hydrogens (primary N) is 1. The molecule has 3 N–H and O–H groups in total. The highest BCUT2D eigenvalue weighted by molar-refractivity contribution is 6.47. The summed E-state index contributed by atoms with van der Waals surface area (Å²) in [6.45, 7) is 9.08. The summed E-state index contributed by atoms with van der Waals surface area (Å²) in [5.41, 5.74) is 6.38. The van der Waals surface area contributed by atoms with Gasteiger partial charge in [-0.1, -0.05) is 20.8 Å². The Morgan fingerprint density at radius 3 is 2.33 bits per heavy atom. The van der Waals surface area contributed by atoms with Crippen LogP contribution in [0.4, 0.5) is 13.2 Å². The molecular formula is C15H25BF3NO4. The summed E-state index contributed by atoms with van der Waals surface area (Å²) < 4.78 is 44.0. The maximum absolute atomic E-state index is 10.6. The Hall–Kier alpha value is -0.795. The van der Waals surface area contributed by atoms with Crippen LogP contribution in [0.5, 0.6) is 0 Å². The molecule has 1 aliphatic heterocycles. The van der Waals surface area contributed by atoms with Crippen molar-refractivity contribution < 1.29 is 32.4 Å². The molecule has 2 bridgehead atoms. The monoisotopic (exact) mass is 351 g/mol. The summed E-state index contributed by atoms with van der Waals surface area (Å²) in [7, 11) is -0.190. The van der Waals surface area contributed by atoms with Crippen LogP contribution < -0.4 is 5.73 Å². The molecule has 24 heavy (non-hydrogen) atoms. The van der Waals surface area contributed by atoms with Gasteiger partial charge >= 0.3 is 19.3 Å². The number of alkyl halides is 3. The summed E-state index contributed by atoms with van der Waals surface area (Å²) in [5.74, 6) is -1.30. The van der Waals surface area contributed by atoms with Crippen LogP contribution in [0.2, 0.25) is 0 Å². The molecule has 5 atom stereocenters. The van der Waals surface area contributed by atoms with Crippen molar-refractivity contribution in [3.8, 4) is 0 Å². The Kier molecular flexibility index (Phi) is 5.03. The Balaban J connectivity index is 0.000000256. The van der Waals surface area contributed by atoms with Gasteiger partial charge in [0.25, 0.3) is 0 Å². The van der Waals surface area contributed by atoms with E-state index in [0.29, 0.717) is 11.3 Å². The van der Waals surface area contributed by atoms with Crippen LogP contribution in [0.1, 0.15) is 47.0 Å². The van der Waals surface area contributed by atoms with E-state index in [0.717, 1.165) is 18.8 Å². The summed E-state index contributed by atoms with van der Waals surface area (Å²) >= 11 is 0. The van der Waals surface area contributed by atoms with Crippen molar-refractivity contribution in [2.75, 3.05) is 0 Å². The number of aliphatic carboxylic acids is 1. The molecular weight excluding hydrogens is 326 g/mol. The molecule has 9 heteroatoms. The second-order valence-electron chi connectivity index (χ2n) is 7.71. The average Bonchev–Trinajstić information content (AvgIpc) is 2.82. The van der Waals surface area contributed by atoms with Gasteiger partial charge in [0, 0.05) is 5.94 Å². The molecule has 0 amide bonds. The van der Waals surface area contributed by atoms with Gasteiger partial charge < -0.3 is 20.1 Å². The lowest BCUT2D eigenvalue weighted by Gasteiger charge is -2.64.